The van der Waals surface area contributed by atoms with Crippen molar-refractivity contribution in [3.8, 4) is 22.6 Å². The van der Waals surface area contributed by atoms with E-state index in [-0.39, 0.29) is 35.1 Å². The molecule has 1 saturated heterocycles. The van der Waals surface area contributed by atoms with E-state index in [1.165, 1.54) is 6.07 Å². The summed E-state index contributed by atoms with van der Waals surface area (Å²) in [7, 11) is 0. The number of fused-ring (bicyclic) bond motifs is 4. The minimum Gasteiger partial charge on any atom is -0.481 e. The molecule has 222 valence electrons. The van der Waals surface area contributed by atoms with Crippen LogP contribution in [0.2, 0.25) is 0 Å². The Morgan fingerprint density at radius 3 is 2.42 bits per heavy atom. The molecule has 3 N–H and O–H groups in total. The van der Waals surface area contributed by atoms with E-state index >= 15 is 0 Å². The lowest BCUT2D eigenvalue weighted by atomic mass is 9.61. The van der Waals surface area contributed by atoms with Crippen molar-refractivity contribution in [3.05, 3.63) is 65.9 Å². The SMILES string of the molecule is O=C(O)[C@@H]1C2CCC(CC2)C1Nc1cc(-c2ccc(C(=O)N3CCOCC3)cc2)nc(-c2c[nH]c3c(F)cc(F)cc23)n1. The van der Waals surface area contributed by atoms with Crippen molar-refractivity contribution in [1.29, 1.82) is 0 Å². The van der Waals surface area contributed by atoms with Crippen LogP contribution in [0.5, 0.6) is 0 Å². The second-order valence-corrected chi connectivity index (χ2v) is 11.7. The molecule has 2 aromatic heterocycles. The number of anilines is 1. The number of halogens is 2. The fourth-order valence-electron chi connectivity index (χ4n) is 7.05. The maximum atomic E-state index is 14.5. The average Bonchev–Trinajstić information content (AvgIpc) is 3.46. The molecule has 2 atom stereocenters. The van der Waals surface area contributed by atoms with Crippen molar-refractivity contribution >= 4 is 28.6 Å². The third kappa shape index (κ3) is 5.11. The molecule has 3 heterocycles. The lowest BCUT2D eigenvalue weighted by molar-refractivity contribution is -0.148. The van der Waals surface area contributed by atoms with Crippen molar-refractivity contribution in [1.82, 2.24) is 19.9 Å². The highest BCUT2D eigenvalue weighted by molar-refractivity contribution is 5.96. The van der Waals surface area contributed by atoms with Gasteiger partial charge in [-0.25, -0.2) is 18.7 Å². The number of aromatic amines is 1. The fourth-order valence-corrected chi connectivity index (χ4v) is 7.05. The minimum absolute atomic E-state index is 0.0736. The summed E-state index contributed by atoms with van der Waals surface area (Å²) in [6, 6.07) is 10.6. The molecule has 4 aromatic rings. The predicted octanol–water partition coefficient (Wildman–Crippen LogP) is 5.34. The number of hydrogen-bond donors (Lipinski definition) is 3. The van der Waals surface area contributed by atoms with Gasteiger partial charge in [-0.3, -0.25) is 9.59 Å². The number of aliphatic carboxylic acids is 1. The van der Waals surface area contributed by atoms with Crippen molar-refractivity contribution in [2.45, 2.75) is 31.7 Å². The van der Waals surface area contributed by atoms with Gasteiger partial charge in [-0.2, -0.15) is 0 Å². The average molecular weight is 588 g/mol. The van der Waals surface area contributed by atoms with Gasteiger partial charge in [-0.1, -0.05) is 12.1 Å². The fraction of sp³-hybridized carbons (Fsp3) is 0.375. The summed E-state index contributed by atoms with van der Waals surface area (Å²) >= 11 is 0. The Hall–Kier alpha value is -4.38. The van der Waals surface area contributed by atoms with Crippen LogP contribution in [-0.2, 0) is 9.53 Å². The zero-order chi connectivity index (χ0) is 29.7. The van der Waals surface area contributed by atoms with Crippen molar-refractivity contribution < 1.29 is 28.2 Å². The number of carboxylic acid groups (broad SMARTS) is 1. The van der Waals surface area contributed by atoms with Gasteiger partial charge in [-0.05, 0) is 55.7 Å². The van der Waals surface area contributed by atoms with Crippen LogP contribution in [-0.4, -0.2) is 69.2 Å². The van der Waals surface area contributed by atoms with Gasteiger partial charge >= 0.3 is 5.97 Å². The Bertz CT molecular complexity index is 1690. The second kappa shape index (κ2) is 11.0. The molecule has 0 spiro atoms. The highest BCUT2D eigenvalue weighted by Gasteiger charge is 2.47. The minimum atomic E-state index is -0.815. The summed E-state index contributed by atoms with van der Waals surface area (Å²) in [6.45, 7) is 2.10. The van der Waals surface area contributed by atoms with Crippen molar-refractivity contribution in [2.24, 2.45) is 17.8 Å². The normalized spacial score (nSPS) is 23.4. The molecule has 43 heavy (non-hydrogen) atoms. The number of amides is 1. The standard InChI is InChI=1S/C32H31F2N5O4/c33-21-13-22-23(16-35-29(22)24(34)14-21)30-36-25(17-1-7-20(8-2-17)31(40)39-9-11-43-12-10-39)15-26(38-30)37-28-19-5-3-18(4-6-19)27(28)32(41)42/h1-2,7-8,13-16,18-19,27-28,35H,3-6,9-12H2,(H,41,42)(H,36,37,38)/t18?,19?,27-,28?/m1/s1. The molecule has 8 rings (SSSR count). The maximum Gasteiger partial charge on any atom is 0.308 e. The molecule has 2 aromatic carbocycles. The van der Waals surface area contributed by atoms with E-state index in [4.69, 9.17) is 14.7 Å². The molecule has 4 fully saturated rings. The van der Waals surface area contributed by atoms with Crippen LogP contribution in [0.25, 0.3) is 33.5 Å². The number of ether oxygens (including phenoxy) is 1. The first-order valence-corrected chi connectivity index (χ1v) is 14.7. The molecule has 11 heteroatoms. The predicted molar refractivity (Wildman–Crippen MR) is 155 cm³/mol. The van der Waals surface area contributed by atoms with E-state index in [0.717, 1.165) is 31.7 Å². The van der Waals surface area contributed by atoms with E-state index in [1.807, 2.05) is 0 Å². The van der Waals surface area contributed by atoms with Crippen LogP contribution in [0.1, 0.15) is 36.0 Å². The van der Waals surface area contributed by atoms with Crippen LogP contribution < -0.4 is 5.32 Å². The highest BCUT2D eigenvalue weighted by Crippen LogP contribution is 2.46. The van der Waals surface area contributed by atoms with Gasteiger partial charge in [0.25, 0.3) is 5.91 Å². The number of carbonyl (C=O) groups excluding carboxylic acids is 1. The molecule has 0 radical (unpaired) electrons. The second-order valence-electron chi connectivity index (χ2n) is 11.7. The summed E-state index contributed by atoms with van der Waals surface area (Å²) in [4.78, 5) is 39.4. The number of aromatic nitrogens is 3. The van der Waals surface area contributed by atoms with Gasteiger partial charge in [0.2, 0.25) is 0 Å². The maximum absolute atomic E-state index is 14.5. The summed E-state index contributed by atoms with van der Waals surface area (Å²) in [5, 5.41) is 13.8. The molecule has 3 saturated carbocycles. The Labute approximate surface area is 246 Å². The molecule has 1 aliphatic heterocycles. The number of morpholine rings is 1. The molecule has 1 unspecified atom stereocenters. The van der Waals surface area contributed by atoms with E-state index in [1.54, 1.807) is 41.4 Å². The van der Waals surface area contributed by atoms with Gasteiger partial charge in [-0.15, -0.1) is 0 Å². The summed E-state index contributed by atoms with van der Waals surface area (Å²) in [5.74, 6) is -1.88. The number of nitrogens with zero attached hydrogens (tertiary/aromatic N) is 3. The van der Waals surface area contributed by atoms with Crippen LogP contribution >= 0.6 is 0 Å². The smallest absolute Gasteiger partial charge is 0.308 e. The molecule has 1 amide bonds. The van der Waals surface area contributed by atoms with Gasteiger partial charge in [0.15, 0.2) is 5.82 Å². The van der Waals surface area contributed by atoms with Crippen molar-refractivity contribution in [2.75, 3.05) is 31.6 Å². The largest absolute Gasteiger partial charge is 0.481 e. The third-order valence-electron chi connectivity index (χ3n) is 9.22. The summed E-state index contributed by atoms with van der Waals surface area (Å²) in [6.07, 6.45) is 5.26. The van der Waals surface area contributed by atoms with E-state index < -0.39 is 23.5 Å². The van der Waals surface area contributed by atoms with Gasteiger partial charge in [0.05, 0.1) is 30.3 Å². The van der Waals surface area contributed by atoms with Crippen LogP contribution in [0, 0.1) is 29.4 Å². The van der Waals surface area contributed by atoms with E-state index in [2.05, 4.69) is 10.3 Å². The van der Waals surface area contributed by atoms with Crippen LogP contribution in [0.4, 0.5) is 14.6 Å². The molecular weight excluding hydrogens is 556 g/mol. The zero-order valence-corrected chi connectivity index (χ0v) is 23.4. The Kier molecular flexibility index (Phi) is 7.04. The number of nitrogens with one attached hydrogen (secondary N) is 2. The van der Waals surface area contributed by atoms with Gasteiger partial charge in [0.1, 0.15) is 17.5 Å². The molecular formula is C32H31F2N5O4. The third-order valence-corrected chi connectivity index (χ3v) is 9.22. The molecule has 3 aliphatic carbocycles. The number of benzene rings is 2. The summed E-state index contributed by atoms with van der Waals surface area (Å²) in [5.41, 5.74) is 2.33. The lowest BCUT2D eigenvalue weighted by Gasteiger charge is -2.47. The lowest BCUT2D eigenvalue weighted by Crippen LogP contribution is -2.51. The Morgan fingerprint density at radius 1 is 0.977 bits per heavy atom. The Balaban J connectivity index is 1.28. The highest BCUT2D eigenvalue weighted by atomic mass is 19.1. The zero-order valence-electron chi connectivity index (χ0n) is 23.4. The number of rotatable bonds is 6. The van der Waals surface area contributed by atoms with Gasteiger partial charge < -0.3 is 25.0 Å². The van der Waals surface area contributed by atoms with Gasteiger partial charge in [0, 0.05) is 59.5 Å². The van der Waals surface area contributed by atoms with E-state index in [0.29, 0.717) is 59.9 Å². The quantitative estimate of drug-likeness (QED) is 0.278. The summed E-state index contributed by atoms with van der Waals surface area (Å²) < 4.78 is 34.1. The number of H-pyrrole nitrogens is 1. The van der Waals surface area contributed by atoms with Crippen molar-refractivity contribution in [3.63, 3.8) is 0 Å². The molecule has 2 bridgehead atoms. The number of hydrogen-bond acceptors (Lipinski definition) is 6. The first-order chi connectivity index (χ1) is 20.9. The molecule has 4 aliphatic rings. The monoisotopic (exact) mass is 587 g/mol. The van der Waals surface area contributed by atoms with E-state index in [9.17, 15) is 23.5 Å². The number of carbonyl (C=O) groups is 2. The molecule has 9 nitrogen and oxygen atoms in total. The van der Waals surface area contributed by atoms with Crippen LogP contribution in [0.3, 0.4) is 0 Å². The van der Waals surface area contributed by atoms with Crippen LogP contribution in [0.15, 0.2) is 48.7 Å². The number of carboxylic acids is 1. The topological polar surface area (TPSA) is 120 Å². The Morgan fingerprint density at radius 2 is 1.70 bits per heavy atom. The first-order valence-electron chi connectivity index (χ1n) is 14.7. The first kappa shape index (κ1) is 27.5.